The number of carbonyl (C=O) groups is 2. The molecule has 0 aliphatic carbocycles. The Kier molecular flexibility index (Phi) is 5.75. The molecular formula is C12H16BrN3O3. The fourth-order valence-corrected chi connectivity index (χ4v) is 1.62. The first kappa shape index (κ1) is 15.4. The number of carbonyl (C=O) groups excluding carboxylic acids is 1. The Balaban J connectivity index is 2.47. The summed E-state index contributed by atoms with van der Waals surface area (Å²) in [4.78, 5) is 26.6. The maximum Gasteiger partial charge on any atom is 0.326 e. The van der Waals surface area contributed by atoms with Crippen molar-refractivity contribution in [1.29, 1.82) is 0 Å². The van der Waals surface area contributed by atoms with Crippen LogP contribution in [-0.4, -0.2) is 28.1 Å². The van der Waals surface area contributed by atoms with Gasteiger partial charge in [0.25, 0.3) is 0 Å². The van der Waals surface area contributed by atoms with Gasteiger partial charge in [0.1, 0.15) is 6.04 Å². The summed E-state index contributed by atoms with van der Waals surface area (Å²) < 4.78 is 0.853. The van der Waals surface area contributed by atoms with E-state index in [-0.39, 0.29) is 12.5 Å². The molecule has 1 unspecified atom stereocenters. The molecule has 19 heavy (non-hydrogen) atoms. The number of hydrogen-bond donors (Lipinski definition) is 3. The van der Waals surface area contributed by atoms with Crippen LogP contribution in [0, 0.1) is 5.92 Å². The average molecular weight is 330 g/mol. The predicted molar refractivity (Wildman–Crippen MR) is 73.6 cm³/mol. The number of amides is 2. The zero-order valence-electron chi connectivity index (χ0n) is 10.7. The highest BCUT2D eigenvalue weighted by Gasteiger charge is 2.23. The molecule has 0 aromatic carbocycles. The van der Waals surface area contributed by atoms with Crippen molar-refractivity contribution in [3.63, 3.8) is 0 Å². The number of halogens is 1. The zero-order chi connectivity index (χ0) is 14.4. The quantitative estimate of drug-likeness (QED) is 0.767. The Bertz CT molecular complexity index is 448. The summed E-state index contributed by atoms with van der Waals surface area (Å²) in [7, 11) is 0. The number of carboxylic acid groups (broad SMARTS) is 1. The second-order valence-corrected chi connectivity index (χ2v) is 5.27. The minimum Gasteiger partial charge on any atom is -0.480 e. The van der Waals surface area contributed by atoms with Crippen LogP contribution in [0.25, 0.3) is 0 Å². The van der Waals surface area contributed by atoms with E-state index in [9.17, 15) is 9.59 Å². The van der Waals surface area contributed by atoms with Crippen LogP contribution in [0.3, 0.4) is 0 Å². The van der Waals surface area contributed by atoms with E-state index in [0.29, 0.717) is 5.69 Å². The summed E-state index contributed by atoms with van der Waals surface area (Å²) in [5.41, 5.74) is 0.690. The van der Waals surface area contributed by atoms with Crippen molar-refractivity contribution >= 4 is 27.9 Å². The van der Waals surface area contributed by atoms with Crippen LogP contribution in [0.1, 0.15) is 19.5 Å². The van der Waals surface area contributed by atoms with Crippen molar-refractivity contribution in [1.82, 2.24) is 15.6 Å². The third-order valence-electron chi connectivity index (χ3n) is 2.44. The monoisotopic (exact) mass is 329 g/mol. The van der Waals surface area contributed by atoms with Crippen LogP contribution in [0.4, 0.5) is 4.79 Å². The molecule has 0 saturated heterocycles. The standard InChI is InChI=1S/C12H16BrN3O3/c1-7(2)10(11(17)18)16-12(19)15-6-9-4-3-8(13)5-14-9/h3-5,7,10H,6H2,1-2H3,(H,17,18)(H2,15,16,19). The summed E-state index contributed by atoms with van der Waals surface area (Å²) in [6.45, 7) is 3.70. The van der Waals surface area contributed by atoms with E-state index in [1.807, 2.05) is 6.07 Å². The number of hydrogen-bond acceptors (Lipinski definition) is 3. The third-order valence-corrected chi connectivity index (χ3v) is 2.91. The molecule has 7 heteroatoms. The smallest absolute Gasteiger partial charge is 0.326 e. The van der Waals surface area contributed by atoms with Crippen LogP contribution in [0.5, 0.6) is 0 Å². The second-order valence-electron chi connectivity index (χ2n) is 4.35. The first-order valence-electron chi connectivity index (χ1n) is 5.77. The van der Waals surface area contributed by atoms with E-state index in [1.165, 1.54) is 0 Å². The SMILES string of the molecule is CC(C)C(NC(=O)NCc1ccc(Br)cn1)C(=O)O. The van der Waals surface area contributed by atoms with Crippen molar-refractivity contribution in [2.24, 2.45) is 5.92 Å². The van der Waals surface area contributed by atoms with Gasteiger partial charge in [-0.15, -0.1) is 0 Å². The first-order chi connectivity index (χ1) is 8.90. The normalized spacial score (nSPS) is 12.0. The van der Waals surface area contributed by atoms with E-state index >= 15 is 0 Å². The molecule has 0 fully saturated rings. The topological polar surface area (TPSA) is 91.3 Å². The molecule has 0 aliphatic heterocycles. The van der Waals surface area contributed by atoms with Gasteiger partial charge in [0, 0.05) is 10.7 Å². The molecule has 1 aromatic rings. The Morgan fingerprint density at radius 2 is 2.11 bits per heavy atom. The Morgan fingerprint density at radius 1 is 1.42 bits per heavy atom. The van der Waals surface area contributed by atoms with Crippen LogP contribution in [0.15, 0.2) is 22.8 Å². The molecule has 1 heterocycles. The molecule has 2 amide bonds. The Hall–Kier alpha value is -1.63. The molecule has 0 saturated carbocycles. The largest absolute Gasteiger partial charge is 0.480 e. The number of pyridine rings is 1. The van der Waals surface area contributed by atoms with Gasteiger partial charge < -0.3 is 15.7 Å². The maximum absolute atomic E-state index is 11.6. The van der Waals surface area contributed by atoms with Gasteiger partial charge in [0.15, 0.2) is 0 Å². The highest BCUT2D eigenvalue weighted by molar-refractivity contribution is 9.10. The van der Waals surface area contributed by atoms with Gasteiger partial charge in [0.2, 0.25) is 0 Å². The predicted octanol–water partition coefficient (Wildman–Crippen LogP) is 1.75. The summed E-state index contributed by atoms with van der Waals surface area (Å²) in [5.74, 6) is -1.24. The molecular weight excluding hydrogens is 314 g/mol. The molecule has 1 rings (SSSR count). The lowest BCUT2D eigenvalue weighted by Gasteiger charge is -2.18. The number of carboxylic acids is 1. The zero-order valence-corrected chi connectivity index (χ0v) is 12.3. The van der Waals surface area contributed by atoms with Gasteiger partial charge >= 0.3 is 12.0 Å². The van der Waals surface area contributed by atoms with Crippen LogP contribution in [0.2, 0.25) is 0 Å². The van der Waals surface area contributed by atoms with E-state index in [2.05, 4.69) is 31.5 Å². The average Bonchev–Trinajstić information content (AvgIpc) is 2.34. The molecule has 104 valence electrons. The minimum absolute atomic E-state index is 0.186. The van der Waals surface area contributed by atoms with E-state index in [0.717, 1.165) is 4.47 Å². The van der Waals surface area contributed by atoms with Crippen molar-refractivity contribution in [3.8, 4) is 0 Å². The Labute approximate surface area is 119 Å². The fraction of sp³-hybridized carbons (Fsp3) is 0.417. The summed E-state index contributed by atoms with van der Waals surface area (Å²) in [6.07, 6.45) is 1.63. The molecule has 3 N–H and O–H groups in total. The molecule has 1 aromatic heterocycles. The van der Waals surface area contributed by atoms with E-state index < -0.39 is 18.0 Å². The van der Waals surface area contributed by atoms with Crippen molar-refractivity contribution in [2.45, 2.75) is 26.4 Å². The second kappa shape index (κ2) is 7.08. The summed E-state index contributed by atoms with van der Waals surface area (Å²) in [6, 6.07) is 2.15. The van der Waals surface area contributed by atoms with Crippen molar-refractivity contribution in [2.75, 3.05) is 0 Å². The lowest BCUT2D eigenvalue weighted by atomic mass is 10.1. The number of rotatable bonds is 5. The number of nitrogens with one attached hydrogen (secondary N) is 2. The number of urea groups is 1. The fourth-order valence-electron chi connectivity index (χ4n) is 1.39. The lowest BCUT2D eigenvalue weighted by molar-refractivity contribution is -0.140. The van der Waals surface area contributed by atoms with Crippen LogP contribution in [-0.2, 0) is 11.3 Å². The van der Waals surface area contributed by atoms with E-state index in [4.69, 9.17) is 5.11 Å². The molecule has 0 bridgehead atoms. The van der Waals surface area contributed by atoms with Crippen molar-refractivity contribution < 1.29 is 14.7 Å². The van der Waals surface area contributed by atoms with Gasteiger partial charge in [-0.05, 0) is 34.0 Å². The van der Waals surface area contributed by atoms with Gasteiger partial charge in [0.05, 0.1) is 12.2 Å². The minimum atomic E-state index is -1.05. The lowest BCUT2D eigenvalue weighted by Crippen LogP contribution is -2.48. The molecule has 0 radical (unpaired) electrons. The highest BCUT2D eigenvalue weighted by atomic mass is 79.9. The maximum atomic E-state index is 11.6. The number of aliphatic carboxylic acids is 1. The Morgan fingerprint density at radius 3 is 2.58 bits per heavy atom. The molecule has 0 aliphatic rings. The van der Waals surface area contributed by atoms with Crippen LogP contribution >= 0.6 is 15.9 Å². The van der Waals surface area contributed by atoms with Gasteiger partial charge in [-0.2, -0.15) is 0 Å². The third kappa shape index (κ3) is 5.25. The number of nitrogens with zero attached hydrogens (tertiary/aromatic N) is 1. The van der Waals surface area contributed by atoms with Gasteiger partial charge in [-0.25, -0.2) is 9.59 Å². The molecule has 1 atom stereocenters. The van der Waals surface area contributed by atoms with Crippen molar-refractivity contribution in [3.05, 3.63) is 28.5 Å². The first-order valence-corrected chi connectivity index (χ1v) is 6.57. The highest BCUT2D eigenvalue weighted by Crippen LogP contribution is 2.07. The molecule has 0 spiro atoms. The summed E-state index contributed by atoms with van der Waals surface area (Å²) in [5, 5.41) is 13.9. The van der Waals surface area contributed by atoms with Crippen LogP contribution < -0.4 is 10.6 Å². The summed E-state index contributed by atoms with van der Waals surface area (Å²) >= 11 is 3.26. The van der Waals surface area contributed by atoms with Gasteiger partial charge in [-0.3, -0.25) is 4.98 Å². The number of aromatic nitrogens is 1. The molecule has 6 nitrogen and oxygen atoms in total. The van der Waals surface area contributed by atoms with Gasteiger partial charge in [-0.1, -0.05) is 13.8 Å². The van der Waals surface area contributed by atoms with E-state index in [1.54, 1.807) is 26.1 Å².